The molecule has 1 aliphatic rings. The van der Waals surface area contributed by atoms with Gasteiger partial charge in [0.1, 0.15) is 24.5 Å². The van der Waals surface area contributed by atoms with Gasteiger partial charge in [-0.3, -0.25) is 20.2 Å². The van der Waals surface area contributed by atoms with Gasteiger partial charge in [0.15, 0.2) is 16.6 Å². The number of carbonyl (C=O) groups excluding carboxylic acids is 2. The number of rotatable bonds is 7. The van der Waals surface area contributed by atoms with E-state index in [0.717, 1.165) is 11.3 Å². The van der Waals surface area contributed by atoms with Crippen LogP contribution in [0.1, 0.15) is 16.7 Å². The first kappa shape index (κ1) is 22.8. The van der Waals surface area contributed by atoms with E-state index in [1.807, 2.05) is 32.0 Å². The second kappa shape index (κ2) is 9.93. The zero-order chi connectivity index (χ0) is 22.5. The average Bonchev–Trinajstić information content (AvgIpc) is 2.71. The quantitative estimate of drug-likeness (QED) is 0.260. The molecule has 2 amide bonds. The molecule has 1 aliphatic heterocycles. The minimum atomic E-state index is -0.562. The number of benzene rings is 2. The summed E-state index contributed by atoms with van der Waals surface area (Å²) >= 11 is 8.26. The van der Waals surface area contributed by atoms with E-state index < -0.39 is 11.8 Å². The summed E-state index contributed by atoms with van der Waals surface area (Å²) in [5.41, 5.74) is 2.89. The molecular weight excluding hydrogens is 484 g/mol. The van der Waals surface area contributed by atoms with Crippen molar-refractivity contribution in [3.63, 3.8) is 0 Å². The lowest BCUT2D eigenvalue weighted by atomic mass is 10.1. The van der Waals surface area contributed by atoms with Crippen LogP contribution in [0.4, 0.5) is 0 Å². The van der Waals surface area contributed by atoms with Crippen LogP contribution >= 0.6 is 28.1 Å². The fourth-order valence-electron chi connectivity index (χ4n) is 2.84. The monoisotopic (exact) mass is 504 g/mol. The third-order valence-electron chi connectivity index (χ3n) is 4.58. The molecule has 0 atom stereocenters. The zero-order valence-electron chi connectivity index (χ0n) is 17.2. The predicted octanol–water partition coefficient (Wildman–Crippen LogP) is 3.45. The van der Waals surface area contributed by atoms with Crippen molar-refractivity contribution in [3.05, 3.63) is 57.1 Å². The molecule has 3 rings (SSSR count). The highest BCUT2D eigenvalue weighted by atomic mass is 79.9. The SMILES string of the molecule is COc1cc(C=C2C(=O)NC(=S)NC2=O)cc(Br)c1OCCOc1ccc(C)c(C)c1. The lowest BCUT2D eigenvalue weighted by Crippen LogP contribution is -2.51. The normalized spacial score (nSPS) is 13.4. The lowest BCUT2D eigenvalue weighted by Gasteiger charge is -2.17. The molecule has 2 aromatic carbocycles. The van der Waals surface area contributed by atoms with Gasteiger partial charge in [-0.2, -0.15) is 0 Å². The number of carbonyl (C=O) groups is 2. The summed E-state index contributed by atoms with van der Waals surface area (Å²) in [6, 6.07) is 9.32. The summed E-state index contributed by atoms with van der Waals surface area (Å²) in [6.45, 7) is 4.73. The van der Waals surface area contributed by atoms with E-state index >= 15 is 0 Å². The number of nitrogens with one attached hydrogen (secondary N) is 2. The fraction of sp³-hybridized carbons (Fsp3) is 0.227. The summed E-state index contributed by atoms with van der Waals surface area (Å²) < 4.78 is 17.6. The molecule has 9 heteroatoms. The van der Waals surface area contributed by atoms with Crippen LogP contribution in [0.15, 0.2) is 40.4 Å². The molecule has 0 unspecified atom stereocenters. The average molecular weight is 505 g/mol. The molecule has 1 fully saturated rings. The van der Waals surface area contributed by atoms with Crippen molar-refractivity contribution in [1.82, 2.24) is 10.6 Å². The lowest BCUT2D eigenvalue weighted by molar-refractivity contribution is -0.123. The fourth-order valence-corrected chi connectivity index (χ4v) is 3.60. The minimum absolute atomic E-state index is 0.0160. The zero-order valence-corrected chi connectivity index (χ0v) is 19.6. The van der Waals surface area contributed by atoms with Crippen LogP contribution in [0.25, 0.3) is 6.08 Å². The Labute approximate surface area is 193 Å². The van der Waals surface area contributed by atoms with Crippen molar-refractivity contribution in [2.24, 2.45) is 0 Å². The maximum Gasteiger partial charge on any atom is 0.263 e. The van der Waals surface area contributed by atoms with E-state index in [2.05, 4.69) is 26.6 Å². The Morgan fingerprint density at radius 1 is 1.00 bits per heavy atom. The molecule has 162 valence electrons. The van der Waals surface area contributed by atoms with E-state index in [1.165, 1.54) is 18.7 Å². The van der Waals surface area contributed by atoms with Gasteiger partial charge in [0.2, 0.25) is 0 Å². The number of thiocarbonyl (C=S) groups is 1. The largest absolute Gasteiger partial charge is 0.493 e. The van der Waals surface area contributed by atoms with Crippen molar-refractivity contribution in [2.45, 2.75) is 13.8 Å². The van der Waals surface area contributed by atoms with E-state index in [0.29, 0.717) is 34.7 Å². The second-order valence-electron chi connectivity index (χ2n) is 6.77. The molecule has 0 spiro atoms. The molecule has 0 radical (unpaired) electrons. The highest BCUT2D eigenvalue weighted by Gasteiger charge is 2.26. The van der Waals surface area contributed by atoms with Gasteiger partial charge in [0.25, 0.3) is 11.8 Å². The van der Waals surface area contributed by atoms with Crippen LogP contribution < -0.4 is 24.8 Å². The summed E-state index contributed by atoms with van der Waals surface area (Å²) in [7, 11) is 1.51. The van der Waals surface area contributed by atoms with Gasteiger partial charge in [-0.25, -0.2) is 0 Å². The van der Waals surface area contributed by atoms with Gasteiger partial charge < -0.3 is 14.2 Å². The molecule has 0 aromatic heterocycles. The van der Waals surface area contributed by atoms with Crippen LogP contribution in [0.3, 0.4) is 0 Å². The van der Waals surface area contributed by atoms with Crippen LogP contribution in [-0.2, 0) is 9.59 Å². The maximum absolute atomic E-state index is 12.0. The van der Waals surface area contributed by atoms with Crippen LogP contribution in [0, 0.1) is 13.8 Å². The smallest absolute Gasteiger partial charge is 0.263 e. The van der Waals surface area contributed by atoms with Crippen molar-refractivity contribution in [3.8, 4) is 17.2 Å². The van der Waals surface area contributed by atoms with Crippen LogP contribution in [0.2, 0.25) is 0 Å². The van der Waals surface area contributed by atoms with Gasteiger partial charge in [0.05, 0.1) is 11.6 Å². The number of aryl methyl sites for hydroxylation is 2. The molecule has 1 saturated heterocycles. The Hall–Kier alpha value is -2.91. The van der Waals surface area contributed by atoms with E-state index in [1.54, 1.807) is 12.1 Å². The van der Waals surface area contributed by atoms with E-state index in [4.69, 9.17) is 26.4 Å². The van der Waals surface area contributed by atoms with Gasteiger partial charge >= 0.3 is 0 Å². The predicted molar refractivity (Wildman–Crippen MR) is 124 cm³/mol. The highest BCUT2D eigenvalue weighted by Crippen LogP contribution is 2.37. The van der Waals surface area contributed by atoms with Crippen LogP contribution in [-0.4, -0.2) is 37.3 Å². The molecule has 0 aliphatic carbocycles. The standard InChI is InChI=1S/C22H21BrN2O5S/c1-12-4-5-15(8-13(12)2)29-6-7-30-19-17(23)10-14(11-18(19)28-3)9-16-20(26)24-22(31)25-21(16)27/h4-5,8-11H,6-7H2,1-3H3,(H2,24,25,26,27,31). The van der Waals surface area contributed by atoms with Gasteiger partial charge in [0, 0.05) is 0 Å². The molecule has 0 saturated carbocycles. The van der Waals surface area contributed by atoms with Crippen molar-refractivity contribution in [2.75, 3.05) is 20.3 Å². The molecule has 0 bridgehead atoms. The Balaban J connectivity index is 1.70. The minimum Gasteiger partial charge on any atom is -0.493 e. The van der Waals surface area contributed by atoms with E-state index in [-0.39, 0.29) is 10.7 Å². The number of ether oxygens (including phenoxy) is 3. The second-order valence-corrected chi connectivity index (χ2v) is 8.04. The first-order chi connectivity index (χ1) is 14.8. The summed E-state index contributed by atoms with van der Waals surface area (Å²) in [4.78, 5) is 24.1. The summed E-state index contributed by atoms with van der Waals surface area (Å²) in [5, 5.41) is 4.78. The van der Waals surface area contributed by atoms with Crippen LogP contribution in [0.5, 0.6) is 17.2 Å². The topological polar surface area (TPSA) is 85.9 Å². The number of hydrogen-bond donors (Lipinski definition) is 2. The van der Waals surface area contributed by atoms with Gasteiger partial charge in [-0.05, 0) is 89.0 Å². The van der Waals surface area contributed by atoms with Gasteiger partial charge in [-0.1, -0.05) is 6.07 Å². The molecular formula is C22H21BrN2O5S. The highest BCUT2D eigenvalue weighted by molar-refractivity contribution is 9.10. The van der Waals surface area contributed by atoms with Crippen molar-refractivity contribution in [1.29, 1.82) is 0 Å². The van der Waals surface area contributed by atoms with E-state index in [9.17, 15) is 9.59 Å². The Morgan fingerprint density at radius 2 is 1.68 bits per heavy atom. The first-order valence-electron chi connectivity index (χ1n) is 9.37. The van der Waals surface area contributed by atoms with Crippen molar-refractivity contribution < 1.29 is 23.8 Å². The Morgan fingerprint density at radius 3 is 2.32 bits per heavy atom. The molecule has 1 heterocycles. The third kappa shape index (κ3) is 5.62. The Kier molecular flexibility index (Phi) is 7.29. The molecule has 7 nitrogen and oxygen atoms in total. The van der Waals surface area contributed by atoms with Crippen molar-refractivity contribution >= 4 is 51.2 Å². The number of amides is 2. The molecule has 2 N–H and O–H groups in total. The third-order valence-corrected chi connectivity index (χ3v) is 5.38. The molecule has 2 aromatic rings. The number of hydrogen-bond acceptors (Lipinski definition) is 6. The van der Waals surface area contributed by atoms with Gasteiger partial charge in [-0.15, -0.1) is 0 Å². The maximum atomic E-state index is 12.0. The summed E-state index contributed by atoms with van der Waals surface area (Å²) in [5.74, 6) is 0.593. The summed E-state index contributed by atoms with van der Waals surface area (Å²) in [6.07, 6.45) is 1.45. The molecule has 31 heavy (non-hydrogen) atoms. The first-order valence-corrected chi connectivity index (χ1v) is 10.6. The number of halogens is 1. The number of methoxy groups -OCH3 is 1. The Bertz CT molecular complexity index is 1060.